The molecule has 1 aliphatic carbocycles. The molecule has 0 aliphatic heterocycles. The lowest BCUT2D eigenvalue weighted by Crippen LogP contribution is -2.23. The van der Waals surface area contributed by atoms with Crippen LogP contribution in [0.1, 0.15) is 55.6 Å². The van der Waals surface area contributed by atoms with Crippen LogP contribution < -0.4 is 10.1 Å². The lowest BCUT2D eigenvalue weighted by atomic mass is 9.95. The molecule has 1 aromatic heterocycles. The maximum absolute atomic E-state index is 5.83. The second-order valence-electron chi connectivity index (χ2n) is 7.25. The van der Waals surface area contributed by atoms with Crippen molar-refractivity contribution in [2.45, 2.75) is 44.2 Å². The average Bonchev–Trinajstić information content (AvgIpc) is 3.27. The molecule has 4 rings (SSSR count). The summed E-state index contributed by atoms with van der Waals surface area (Å²) in [7, 11) is 0. The van der Waals surface area contributed by atoms with Crippen LogP contribution in [0.25, 0.3) is 0 Å². The van der Waals surface area contributed by atoms with E-state index in [1.807, 2.05) is 59.3 Å². The number of nitrogens with one attached hydrogen (secondary N) is 1. The molecule has 1 fully saturated rings. The van der Waals surface area contributed by atoms with Crippen molar-refractivity contribution in [3.05, 3.63) is 66.0 Å². The van der Waals surface area contributed by atoms with Crippen LogP contribution in [0.2, 0.25) is 0 Å². The van der Waals surface area contributed by atoms with Crippen LogP contribution in [0, 0.1) is 12.3 Å². The number of para-hydroxylation sites is 2. The van der Waals surface area contributed by atoms with Gasteiger partial charge in [0.2, 0.25) is 0 Å². The third kappa shape index (κ3) is 4.40. The van der Waals surface area contributed by atoms with Crippen molar-refractivity contribution in [2.24, 2.45) is 0 Å². The quantitative estimate of drug-likeness (QED) is 0.609. The molecule has 0 saturated heterocycles. The number of hydrogen-bond donors (Lipinski definition) is 1. The minimum atomic E-state index is -0.261. The van der Waals surface area contributed by atoms with Gasteiger partial charge in [0, 0.05) is 11.3 Å². The maximum atomic E-state index is 5.83. The summed E-state index contributed by atoms with van der Waals surface area (Å²) in [4.78, 5) is 0. The van der Waals surface area contributed by atoms with Crippen LogP contribution in [-0.2, 0) is 0 Å². The van der Waals surface area contributed by atoms with Gasteiger partial charge in [-0.2, -0.15) is 0 Å². The van der Waals surface area contributed by atoms with Crippen molar-refractivity contribution in [2.75, 3.05) is 11.9 Å². The topological polar surface area (TPSA) is 64.9 Å². The first-order valence-corrected chi connectivity index (χ1v) is 10.1. The number of hydrogen-bond acceptors (Lipinski definition) is 5. The maximum Gasteiger partial charge on any atom is 0.178 e. The largest absolute Gasteiger partial charge is 0.481 e. The molecule has 6 heteroatoms. The Kier molecular flexibility index (Phi) is 6.06. The van der Waals surface area contributed by atoms with Crippen LogP contribution in [-0.4, -0.2) is 26.8 Å². The van der Waals surface area contributed by atoms with Crippen molar-refractivity contribution >= 4 is 5.69 Å². The molecule has 148 valence electrons. The predicted octanol–water partition coefficient (Wildman–Crippen LogP) is 4.39. The Morgan fingerprint density at radius 3 is 2.62 bits per heavy atom. The summed E-state index contributed by atoms with van der Waals surface area (Å²) < 4.78 is 7.83. The van der Waals surface area contributed by atoms with Gasteiger partial charge in [0.15, 0.2) is 5.82 Å². The van der Waals surface area contributed by atoms with Crippen molar-refractivity contribution in [1.82, 2.24) is 20.2 Å². The highest BCUT2D eigenvalue weighted by atomic mass is 16.5. The minimum absolute atomic E-state index is 0.211. The highest BCUT2D eigenvalue weighted by molar-refractivity contribution is 5.50. The summed E-state index contributed by atoms with van der Waals surface area (Å²) in [5.41, 5.74) is 1.95. The molecule has 0 spiro atoms. The minimum Gasteiger partial charge on any atom is -0.481 e. The number of aromatic nitrogens is 4. The van der Waals surface area contributed by atoms with Gasteiger partial charge in [-0.15, -0.1) is 11.5 Å². The van der Waals surface area contributed by atoms with E-state index < -0.39 is 0 Å². The smallest absolute Gasteiger partial charge is 0.178 e. The summed E-state index contributed by atoms with van der Waals surface area (Å²) in [6, 6.07) is 18.0. The number of ether oxygens (including phenoxy) is 1. The lowest BCUT2D eigenvalue weighted by Gasteiger charge is -2.26. The van der Waals surface area contributed by atoms with Gasteiger partial charge < -0.3 is 10.1 Å². The molecule has 29 heavy (non-hydrogen) atoms. The number of benzene rings is 2. The van der Waals surface area contributed by atoms with E-state index in [-0.39, 0.29) is 12.6 Å². The van der Waals surface area contributed by atoms with E-state index in [9.17, 15) is 0 Å². The number of anilines is 1. The first-order chi connectivity index (χ1) is 14.4. The summed E-state index contributed by atoms with van der Waals surface area (Å²) in [6.45, 7) is 0.211. The Balaban J connectivity index is 1.75. The van der Waals surface area contributed by atoms with E-state index in [1.165, 1.54) is 19.3 Å². The van der Waals surface area contributed by atoms with Gasteiger partial charge in [0.05, 0.1) is 6.04 Å². The monoisotopic (exact) mass is 387 g/mol. The average molecular weight is 387 g/mol. The number of nitrogens with zero attached hydrogens (tertiary/aromatic N) is 4. The van der Waals surface area contributed by atoms with Crippen LogP contribution in [0.15, 0.2) is 54.6 Å². The molecule has 0 amide bonds. The van der Waals surface area contributed by atoms with E-state index in [1.54, 1.807) is 0 Å². The van der Waals surface area contributed by atoms with Gasteiger partial charge in [0.1, 0.15) is 18.4 Å². The highest BCUT2D eigenvalue weighted by Crippen LogP contribution is 2.35. The van der Waals surface area contributed by atoms with Gasteiger partial charge in [-0.1, -0.05) is 61.6 Å². The molecule has 0 radical (unpaired) electrons. The number of rotatable bonds is 7. The summed E-state index contributed by atoms with van der Waals surface area (Å²) >= 11 is 0. The predicted molar refractivity (Wildman–Crippen MR) is 113 cm³/mol. The first kappa shape index (κ1) is 19.0. The van der Waals surface area contributed by atoms with E-state index in [4.69, 9.17) is 11.2 Å². The Morgan fingerprint density at radius 1 is 1.07 bits per heavy atom. The van der Waals surface area contributed by atoms with Crippen molar-refractivity contribution < 1.29 is 4.74 Å². The number of tetrazole rings is 1. The Hall–Kier alpha value is -3.33. The van der Waals surface area contributed by atoms with Gasteiger partial charge in [-0.3, -0.25) is 0 Å². The van der Waals surface area contributed by atoms with Crippen molar-refractivity contribution in [3.63, 3.8) is 0 Å². The molecule has 6 nitrogen and oxygen atoms in total. The van der Waals surface area contributed by atoms with Gasteiger partial charge in [0.25, 0.3) is 0 Å². The third-order valence-corrected chi connectivity index (χ3v) is 5.32. The van der Waals surface area contributed by atoms with Gasteiger partial charge in [-0.25, -0.2) is 4.68 Å². The van der Waals surface area contributed by atoms with Crippen molar-refractivity contribution in [1.29, 1.82) is 0 Å². The molecular formula is C23H25N5O. The summed E-state index contributed by atoms with van der Waals surface area (Å²) in [6.07, 6.45) is 11.3. The van der Waals surface area contributed by atoms with Crippen LogP contribution in [0.4, 0.5) is 5.69 Å². The van der Waals surface area contributed by atoms with Crippen LogP contribution >= 0.6 is 0 Å². The SMILES string of the molecule is C#CCOc1ccccc1C(Nc1ccccc1)c1nnnn1C1CCCCC1. The molecule has 1 unspecified atom stereocenters. The summed E-state index contributed by atoms with van der Waals surface area (Å²) in [5, 5.41) is 16.4. The van der Waals surface area contributed by atoms with E-state index in [2.05, 4.69) is 26.8 Å². The molecule has 1 N–H and O–H groups in total. The Labute approximate surface area is 171 Å². The zero-order valence-electron chi connectivity index (χ0n) is 16.4. The normalized spacial score (nSPS) is 15.4. The number of terminal acetylenes is 1. The molecular weight excluding hydrogens is 362 g/mol. The molecule has 1 heterocycles. The van der Waals surface area contributed by atoms with Crippen LogP contribution in [0.3, 0.4) is 0 Å². The molecule has 1 aliphatic rings. The molecule has 1 atom stereocenters. The van der Waals surface area contributed by atoms with Crippen LogP contribution in [0.5, 0.6) is 5.75 Å². The zero-order valence-corrected chi connectivity index (χ0v) is 16.4. The molecule has 0 bridgehead atoms. The van der Waals surface area contributed by atoms with Crippen molar-refractivity contribution in [3.8, 4) is 18.1 Å². The summed E-state index contributed by atoms with van der Waals surface area (Å²) in [5.74, 6) is 4.06. The van der Waals surface area contributed by atoms with E-state index in [0.717, 1.165) is 35.7 Å². The molecule has 3 aromatic rings. The third-order valence-electron chi connectivity index (χ3n) is 5.32. The van der Waals surface area contributed by atoms with E-state index >= 15 is 0 Å². The van der Waals surface area contributed by atoms with Gasteiger partial charge >= 0.3 is 0 Å². The second kappa shape index (κ2) is 9.24. The van der Waals surface area contributed by atoms with E-state index in [0.29, 0.717) is 6.04 Å². The second-order valence-corrected chi connectivity index (χ2v) is 7.25. The Bertz CT molecular complexity index is 957. The standard InChI is InChI=1S/C23H25N5O/c1-2-17-29-21-16-10-9-15-20(21)22(24-18-11-5-3-6-12-18)23-25-26-27-28(23)19-13-7-4-8-14-19/h1,3,5-6,9-12,15-16,19,22,24H,4,7-8,13-14,17H2. The Morgan fingerprint density at radius 2 is 1.83 bits per heavy atom. The fourth-order valence-electron chi connectivity index (χ4n) is 3.93. The van der Waals surface area contributed by atoms with Gasteiger partial charge in [-0.05, 0) is 41.5 Å². The fourth-order valence-corrected chi connectivity index (χ4v) is 3.93. The lowest BCUT2D eigenvalue weighted by molar-refractivity contribution is 0.314. The zero-order chi connectivity index (χ0) is 19.9. The fraction of sp³-hybridized carbons (Fsp3) is 0.348. The highest BCUT2D eigenvalue weighted by Gasteiger charge is 2.28. The molecule has 2 aromatic carbocycles. The first-order valence-electron chi connectivity index (χ1n) is 10.1. The molecule has 1 saturated carbocycles.